The summed E-state index contributed by atoms with van der Waals surface area (Å²) in [4.78, 5) is 26.7. The van der Waals surface area contributed by atoms with Crippen molar-refractivity contribution in [2.75, 3.05) is 32.0 Å². The molecule has 2 aromatic carbocycles. The van der Waals surface area contributed by atoms with Crippen LogP contribution in [0.1, 0.15) is 12.5 Å². The van der Waals surface area contributed by atoms with Gasteiger partial charge in [0.15, 0.2) is 24.1 Å². The van der Waals surface area contributed by atoms with Crippen molar-refractivity contribution in [1.82, 2.24) is 5.32 Å². The molecule has 1 aliphatic rings. The highest BCUT2D eigenvalue weighted by atomic mass is 32.2. The largest absolute Gasteiger partial charge is 0.454 e. The first-order valence-electron chi connectivity index (χ1n) is 9.39. The molecule has 2 atom stereocenters. The normalized spacial score (nSPS) is 14.2. The van der Waals surface area contributed by atoms with E-state index in [0.29, 0.717) is 18.0 Å². The molecule has 0 aliphatic carbocycles. The summed E-state index contributed by atoms with van der Waals surface area (Å²) in [5.74, 6) is 1.17. The van der Waals surface area contributed by atoms with E-state index in [4.69, 9.17) is 9.47 Å². The lowest BCUT2D eigenvalue weighted by Crippen LogP contribution is -3.15. The Morgan fingerprint density at radius 1 is 1.17 bits per heavy atom. The molecule has 7 nitrogen and oxygen atoms in total. The van der Waals surface area contributed by atoms with Crippen LogP contribution in [-0.4, -0.2) is 44.5 Å². The van der Waals surface area contributed by atoms with Gasteiger partial charge in [-0.25, -0.2) is 0 Å². The highest BCUT2D eigenvalue weighted by Gasteiger charge is 2.24. The van der Waals surface area contributed by atoms with E-state index in [0.717, 1.165) is 21.0 Å². The van der Waals surface area contributed by atoms with Crippen LogP contribution in [0.25, 0.3) is 0 Å². The van der Waals surface area contributed by atoms with Crippen LogP contribution in [0.15, 0.2) is 47.4 Å². The summed E-state index contributed by atoms with van der Waals surface area (Å²) in [6.45, 7) is 2.62. The monoisotopic (exact) mass is 416 g/mol. The van der Waals surface area contributed by atoms with Crippen molar-refractivity contribution in [2.24, 2.45) is 0 Å². The van der Waals surface area contributed by atoms with Gasteiger partial charge in [-0.05, 0) is 43.0 Å². The minimum Gasteiger partial charge on any atom is -0.454 e. The number of hydrogen-bond donors (Lipinski definition) is 3. The number of likely N-dealkylation sites (N-methyl/N-ethyl adjacent to an activating group) is 1. The van der Waals surface area contributed by atoms with E-state index in [1.165, 1.54) is 0 Å². The lowest BCUT2D eigenvalue weighted by molar-refractivity contribution is -0.885. The van der Waals surface area contributed by atoms with Gasteiger partial charge in [0.25, 0.3) is 11.8 Å². The van der Waals surface area contributed by atoms with Crippen molar-refractivity contribution >= 4 is 29.3 Å². The lowest BCUT2D eigenvalue weighted by atomic mass is 10.2. The average Bonchev–Trinajstić information content (AvgIpc) is 3.19. The third-order valence-electron chi connectivity index (χ3n) is 4.86. The molecule has 0 spiro atoms. The van der Waals surface area contributed by atoms with E-state index in [2.05, 4.69) is 10.6 Å². The first-order chi connectivity index (χ1) is 14.0. The molecule has 29 heavy (non-hydrogen) atoms. The van der Waals surface area contributed by atoms with E-state index in [9.17, 15) is 9.59 Å². The van der Waals surface area contributed by atoms with Gasteiger partial charge in [0.05, 0.1) is 12.7 Å². The molecule has 154 valence electrons. The smallest absolute Gasteiger partial charge is 0.279 e. The predicted molar refractivity (Wildman–Crippen MR) is 112 cm³/mol. The van der Waals surface area contributed by atoms with Crippen molar-refractivity contribution in [3.05, 3.63) is 48.0 Å². The molecule has 0 saturated heterocycles. The summed E-state index contributed by atoms with van der Waals surface area (Å²) in [6.07, 6.45) is 1.97. The fourth-order valence-electron chi connectivity index (χ4n) is 2.97. The second-order valence-corrected chi connectivity index (χ2v) is 7.75. The molecule has 3 N–H and O–H groups in total. The number of rotatable bonds is 8. The van der Waals surface area contributed by atoms with Gasteiger partial charge in [-0.15, -0.1) is 11.8 Å². The minimum atomic E-state index is -0.370. The van der Waals surface area contributed by atoms with Crippen LogP contribution in [0.2, 0.25) is 0 Å². The van der Waals surface area contributed by atoms with Crippen LogP contribution >= 0.6 is 11.8 Å². The first-order valence-corrected chi connectivity index (χ1v) is 10.6. The van der Waals surface area contributed by atoms with Gasteiger partial charge in [-0.2, -0.15) is 0 Å². The third-order valence-corrected chi connectivity index (χ3v) is 5.65. The van der Waals surface area contributed by atoms with Crippen LogP contribution in [0.5, 0.6) is 11.5 Å². The summed E-state index contributed by atoms with van der Waals surface area (Å²) < 4.78 is 10.6. The SMILES string of the molecule is CSc1ccccc1NC(=O)C[NH+](C)[C@H](C)C(=O)NCc1ccc2c(c1)OCO2. The number of thioether (sulfide) groups is 1. The summed E-state index contributed by atoms with van der Waals surface area (Å²) in [6, 6.07) is 12.9. The van der Waals surface area contributed by atoms with Crippen molar-refractivity contribution in [3.8, 4) is 11.5 Å². The maximum atomic E-state index is 12.5. The Balaban J connectivity index is 1.49. The number of hydrogen-bond acceptors (Lipinski definition) is 5. The Labute approximate surface area is 174 Å². The van der Waals surface area contributed by atoms with E-state index >= 15 is 0 Å². The van der Waals surface area contributed by atoms with Crippen LogP contribution in [0.4, 0.5) is 5.69 Å². The van der Waals surface area contributed by atoms with Gasteiger partial charge in [-0.1, -0.05) is 18.2 Å². The molecule has 0 fully saturated rings. The Morgan fingerprint density at radius 2 is 1.93 bits per heavy atom. The topological polar surface area (TPSA) is 81.1 Å². The number of carbonyl (C=O) groups excluding carboxylic acids is 2. The van der Waals surface area contributed by atoms with Crippen molar-refractivity contribution < 1.29 is 24.0 Å². The van der Waals surface area contributed by atoms with Crippen LogP contribution in [-0.2, 0) is 16.1 Å². The van der Waals surface area contributed by atoms with Gasteiger partial charge >= 0.3 is 0 Å². The first kappa shape index (κ1) is 21.0. The number of para-hydroxylation sites is 1. The quantitative estimate of drug-likeness (QED) is 0.565. The number of fused-ring (bicyclic) bond motifs is 1. The number of benzene rings is 2. The molecule has 8 heteroatoms. The maximum absolute atomic E-state index is 12.5. The Bertz CT molecular complexity index is 890. The molecule has 0 aromatic heterocycles. The van der Waals surface area contributed by atoms with E-state index < -0.39 is 0 Å². The molecule has 1 aliphatic heterocycles. The van der Waals surface area contributed by atoms with E-state index in [1.54, 1.807) is 11.8 Å². The van der Waals surface area contributed by atoms with Gasteiger partial charge in [0.1, 0.15) is 0 Å². The number of anilines is 1. The van der Waals surface area contributed by atoms with Crippen molar-refractivity contribution in [2.45, 2.75) is 24.4 Å². The molecule has 2 aromatic rings. The van der Waals surface area contributed by atoms with Gasteiger partial charge in [0.2, 0.25) is 6.79 Å². The molecular weight excluding hydrogens is 390 g/mol. The number of ether oxygens (including phenoxy) is 2. The number of carbonyl (C=O) groups is 2. The molecule has 0 bridgehead atoms. The number of quaternary nitrogens is 1. The van der Waals surface area contributed by atoms with Crippen LogP contribution in [0.3, 0.4) is 0 Å². The van der Waals surface area contributed by atoms with E-state index in [-0.39, 0.29) is 31.2 Å². The summed E-state index contributed by atoms with van der Waals surface area (Å²) in [7, 11) is 1.84. The fraction of sp³-hybridized carbons (Fsp3) is 0.333. The Kier molecular flexibility index (Phi) is 7.00. The molecule has 1 unspecified atom stereocenters. The average molecular weight is 417 g/mol. The third kappa shape index (κ3) is 5.42. The molecule has 2 amide bonds. The molecule has 3 rings (SSSR count). The molecule has 0 radical (unpaired) electrons. The van der Waals surface area contributed by atoms with Crippen LogP contribution < -0.4 is 25.0 Å². The zero-order chi connectivity index (χ0) is 20.8. The lowest BCUT2D eigenvalue weighted by Gasteiger charge is -2.21. The second-order valence-electron chi connectivity index (χ2n) is 6.90. The van der Waals surface area contributed by atoms with Crippen molar-refractivity contribution in [3.63, 3.8) is 0 Å². The highest BCUT2D eigenvalue weighted by molar-refractivity contribution is 7.98. The van der Waals surface area contributed by atoms with Crippen LogP contribution in [0, 0.1) is 0 Å². The number of amides is 2. The zero-order valence-electron chi connectivity index (χ0n) is 16.8. The molecule has 0 saturated carbocycles. The van der Waals surface area contributed by atoms with Gasteiger partial charge in [0, 0.05) is 11.4 Å². The Hall–Kier alpha value is -2.71. The number of nitrogens with one attached hydrogen (secondary N) is 3. The highest BCUT2D eigenvalue weighted by Crippen LogP contribution is 2.32. The predicted octanol–water partition coefficient (Wildman–Crippen LogP) is 1.30. The summed E-state index contributed by atoms with van der Waals surface area (Å²) in [5, 5.41) is 5.85. The molecular formula is C21H26N3O4S+. The fourth-order valence-corrected chi connectivity index (χ4v) is 3.52. The maximum Gasteiger partial charge on any atom is 0.279 e. The summed E-state index contributed by atoms with van der Waals surface area (Å²) >= 11 is 1.58. The standard InChI is InChI=1S/C21H25N3O4S/c1-14(21(26)22-11-15-8-9-17-18(10-15)28-13-27-17)24(2)12-20(25)23-16-6-4-5-7-19(16)29-3/h4-10,14H,11-13H2,1-3H3,(H,22,26)(H,23,25)/p+1/t14-/m1/s1. The van der Waals surface area contributed by atoms with Gasteiger partial charge in [-0.3, -0.25) is 9.59 Å². The summed E-state index contributed by atoms with van der Waals surface area (Å²) in [5.41, 5.74) is 1.72. The van der Waals surface area contributed by atoms with Gasteiger partial charge < -0.3 is 25.0 Å². The van der Waals surface area contributed by atoms with E-state index in [1.807, 2.05) is 62.7 Å². The van der Waals surface area contributed by atoms with Crippen molar-refractivity contribution in [1.29, 1.82) is 0 Å². The minimum absolute atomic E-state index is 0.113. The zero-order valence-corrected chi connectivity index (χ0v) is 17.6. The second kappa shape index (κ2) is 9.67. The molecule has 1 heterocycles. The Morgan fingerprint density at radius 3 is 2.72 bits per heavy atom.